The van der Waals surface area contributed by atoms with Crippen LogP contribution in [0.15, 0.2) is 65.6 Å². The predicted molar refractivity (Wildman–Crippen MR) is 125 cm³/mol. The maximum Gasteiger partial charge on any atom is 0.341 e. The summed E-state index contributed by atoms with van der Waals surface area (Å²) in [4.78, 5) is 29.2. The summed E-state index contributed by atoms with van der Waals surface area (Å²) in [5.41, 5.74) is 0.186. The average molecular weight is 483 g/mol. The van der Waals surface area contributed by atoms with E-state index >= 15 is 0 Å². The minimum Gasteiger partial charge on any atom is -0.481 e. The number of aliphatic hydroxyl groups is 1. The molecule has 4 rings (SSSR count). The molecule has 0 aliphatic carbocycles. The number of aliphatic hydroxyl groups excluding tert-OH is 1. The number of nitrogens with zero attached hydrogens (tertiary/aromatic N) is 2. The Balaban J connectivity index is 1.88. The highest BCUT2D eigenvalue weighted by atomic mass is 35.5. The predicted octanol–water partition coefficient (Wildman–Crippen LogP) is 4.22. The zero-order valence-electron chi connectivity index (χ0n) is 18.0. The number of carboxylic acids is 1. The van der Waals surface area contributed by atoms with Crippen LogP contribution >= 0.6 is 11.6 Å². The van der Waals surface area contributed by atoms with Crippen LogP contribution in [-0.2, 0) is 13.0 Å². The maximum atomic E-state index is 14.5. The molecule has 34 heavy (non-hydrogen) atoms. The molecule has 2 aromatic heterocycles. The number of hydrogen-bond donors (Lipinski definition) is 2. The molecule has 0 amide bonds. The van der Waals surface area contributed by atoms with Crippen LogP contribution in [0.2, 0.25) is 5.02 Å². The number of fused-ring (bicyclic) bond motifs is 1. The molecule has 174 valence electrons. The minimum absolute atomic E-state index is 0.0124. The van der Waals surface area contributed by atoms with Crippen molar-refractivity contribution in [1.82, 2.24) is 9.55 Å². The van der Waals surface area contributed by atoms with Gasteiger partial charge in [0, 0.05) is 18.2 Å². The third-order valence-corrected chi connectivity index (χ3v) is 5.77. The van der Waals surface area contributed by atoms with Crippen LogP contribution in [-0.4, -0.2) is 32.8 Å². The quantitative estimate of drug-likeness (QED) is 0.409. The first-order valence-electron chi connectivity index (χ1n) is 10.3. The molecule has 0 saturated carbocycles. The van der Waals surface area contributed by atoms with Crippen molar-refractivity contribution in [1.29, 1.82) is 0 Å². The Morgan fingerprint density at radius 1 is 1.18 bits per heavy atom. The summed E-state index contributed by atoms with van der Waals surface area (Å²) in [7, 11) is 1.39. The molecular formula is C25H20ClFN2O5. The highest BCUT2D eigenvalue weighted by Crippen LogP contribution is 2.27. The largest absolute Gasteiger partial charge is 0.481 e. The van der Waals surface area contributed by atoms with Gasteiger partial charge in [-0.15, -0.1) is 0 Å². The molecule has 1 atom stereocenters. The van der Waals surface area contributed by atoms with E-state index in [0.29, 0.717) is 11.1 Å². The van der Waals surface area contributed by atoms with Gasteiger partial charge in [0.1, 0.15) is 17.0 Å². The Morgan fingerprint density at radius 3 is 2.59 bits per heavy atom. The summed E-state index contributed by atoms with van der Waals surface area (Å²) in [6, 6.07) is 14.8. The first-order chi connectivity index (χ1) is 16.3. The summed E-state index contributed by atoms with van der Waals surface area (Å²) < 4.78 is 21.3. The molecule has 0 aliphatic heterocycles. The lowest BCUT2D eigenvalue weighted by Gasteiger charge is -2.18. The lowest BCUT2D eigenvalue weighted by molar-refractivity contribution is 0.0694. The van der Waals surface area contributed by atoms with Crippen LogP contribution in [0.25, 0.3) is 11.0 Å². The SMILES string of the molecule is COc1nc2c(cc1Cc1cccc(Cl)c1F)c(=O)c(C(=O)O)cn2C[C@@H](O)c1ccccc1. The van der Waals surface area contributed by atoms with Gasteiger partial charge < -0.3 is 19.5 Å². The third kappa shape index (κ3) is 4.50. The Bertz CT molecular complexity index is 1440. The number of benzene rings is 2. The van der Waals surface area contributed by atoms with E-state index < -0.39 is 28.9 Å². The second-order valence-corrected chi connectivity index (χ2v) is 8.08. The number of rotatable bonds is 7. The lowest BCUT2D eigenvalue weighted by Crippen LogP contribution is -2.22. The maximum absolute atomic E-state index is 14.5. The molecule has 7 nitrogen and oxygen atoms in total. The normalized spacial score (nSPS) is 12.0. The smallest absolute Gasteiger partial charge is 0.341 e. The number of ether oxygens (including phenoxy) is 1. The molecule has 2 aromatic carbocycles. The fraction of sp³-hybridized carbons (Fsp3) is 0.160. The summed E-state index contributed by atoms with van der Waals surface area (Å²) in [6.07, 6.45) is 0.186. The van der Waals surface area contributed by atoms with E-state index in [1.54, 1.807) is 36.4 Å². The van der Waals surface area contributed by atoms with Crippen molar-refractivity contribution in [3.63, 3.8) is 0 Å². The standard InChI is InChI=1S/C25H20ClFN2O5/c1-34-24-16(10-15-8-5-9-19(26)21(15)27)11-17-22(31)18(25(32)33)12-29(23(17)28-24)13-20(30)14-6-3-2-4-7-14/h2-9,11-12,20,30H,10,13H2,1H3,(H,32,33)/t20-/m1/s1. The van der Waals surface area contributed by atoms with Crippen molar-refractivity contribution < 1.29 is 24.1 Å². The molecular weight excluding hydrogens is 463 g/mol. The van der Waals surface area contributed by atoms with Gasteiger partial charge in [0.15, 0.2) is 0 Å². The molecule has 2 N–H and O–H groups in total. The molecule has 0 radical (unpaired) electrons. The van der Waals surface area contributed by atoms with Crippen LogP contribution in [0, 0.1) is 5.82 Å². The summed E-state index contributed by atoms with van der Waals surface area (Å²) >= 11 is 5.89. The number of halogens is 2. The topological polar surface area (TPSA) is 102 Å². The first kappa shape index (κ1) is 23.4. The van der Waals surface area contributed by atoms with Crippen LogP contribution < -0.4 is 10.2 Å². The number of carbonyl (C=O) groups is 1. The molecule has 2 heterocycles. The zero-order valence-corrected chi connectivity index (χ0v) is 18.8. The van der Waals surface area contributed by atoms with E-state index in [9.17, 15) is 24.2 Å². The highest BCUT2D eigenvalue weighted by molar-refractivity contribution is 6.30. The second-order valence-electron chi connectivity index (χ2n) is 7.67. The lowest BCUT2D eigenvalue weighted by atomic mass is 10.0. The van der Waals surface area contributed by atoms with Crippen LogP contribution in [0.1, 0.15) is 33.2 Å². The fourth-order valence-electron chi connectivity index (χ4n) is 3.79. The van der Waals surface area contributed by atoms with E-state index in [-0.39, 0.29) is 40.5 Å². The summed E-state index contributed by atoms with van der Waals surface area (Å²) in [6.45, 7) is -0.0561. The number of aromatic nitrogens is 2. The van der Waals surface area contributed by atoms with Crippen LogP contribution in [0.3, 0.4) is 0 Å². The zero-order chi connectivity index (χ0) is 24.4. The van der Waals surface area contributed by atoms with Gasteiger partial charge in [-0.25, -0.2) is 9.18 Å². The molecule has 9 heteroatoms. The monoisotopic (exact) mass is 482 g/mol. The molecule has 0 aliphatic rings. The van der Waals surface area contributed by atoms with Crippen LogP contribution in [0.5, 0.6) is 5.88 Å². The molecule has 0 fully saturated rings. The van der Waals surface area contributed by atoms with E-state index in [1.807, 2.05) is 6.07 Å². The van der Waals surface area contributed by atoms with Gasteiger partial charge in [0.05, 0.1) is 30.2 Å². The number of hydrogen-bond acceptors (Lipinski definition) is 5. The van der Waals surface area contributed by atoms with Crippen molar-refractivity contribution in [3.8, 4) is 5.88 Å². The van der Waals surface area contributed by atoms with E-state index in [4.69, 9.17) is 16.3 Å². The van der Waals surface area contributed by atoms with Crippen molar-refractivity contribution in [3.05, 3.63) is 104 Å². The molecule has 0 spiro atoms. The Hall–Kier alpha value is -3.75. The van der Waals surface area contributed by atoms with Gasteiger partial charge in [-0.2, -0.15) is 4.98 Å². The van der Waals surface area contributed by atoms with Gasteiger partial charge in [0.2, 0.25) is 11.3 Å². The number of pyridine rings is 2. The van der Waals surface area contributed by atoms with Gasteiger partial charge in [-0.3, -0.25) is 4.79 Å². The molecule has 0 saturated heterocycles. The van der Waals surface area contributed by atoms with Gasteiger partial charge >= 0.3 is 5.97 Å². The van der Waals surface area contributed by atoms with Crippen molar-refractivity contribution >= 4 is 28.6 Å². The van der Waals surface area contributed by atoms with E-state index in [1.165, 1.54) is 23.8 Å². The van der Waals surface area contributed by atoms with Crippen molar-refractivity contribution in [2.45, 2.75) is 19.1 Å². The fourth-order valence-corrected chi connectivity index (χ4v) is 3.98. The Morgan fingerprint density at radius 2 is 1.91 bits per heavy atom. The molecule has 0 unspecified atom stereocenters. The minimum atomic E-state index is -1.41. The summed E-state index contributed by atoms with van der Waals surface area (Å²) in [5.74, 6) is -1.88. The number of aromatic carboxylic acids is 1. The summed E-state index contributed by atoms with van der Waals surface area (Å²) in [5, 5.41) is 20.3. The third-order valence-electron chi connectivity index (χ3n) is 5.48. The van der Waals surface area contributed by atoms with Crippen molar-refractivity contribution in [2.75, 3.05) is 7.11 Å². The molecule has 4 aromatic rings. The van der Waals surface area contributed by atoms with Crippen molar-refractivity contribution in [2.24, 2.45) is 0 Å². The number of carboxylic acid groups (broad SMARTS) is 1. The van der Waals surface area contributed by atoms with Gasteiger partial charge in [0.25, 0.3) is 0 Å². The first-order valence-corrected chi connectivity index (χ1v) is 10.7. The second kappa shape index (κ2) is 9.62. The highest BCUT2D eigenvalue weighted by Gasteiger charge is 2.21. The van der Waals surface area contributed by atoms with Crippen LogP contribution in [0.4, 0.5) is 4.39 Å². The Kier molecular flexibility index (Phi) is 6.63. The van der Waals surface area contributed by atoms with Gasteiger partial charge in [-0.05, 0) is 23.3 Å². The van der Waals surface area contributed by atoms with Gasteiger partial charge in [-0.1, -0.05) is 54.1 Å². The van der Waals surface area contributed by atoms with E-state index in [2.05, 4.69) is 4.98 Å². The molecule has 0 bridgehead atoms. The van der Waals surface area contributed by atoms with E-state index in [0.717, 1.165) is 6.20 Å². The Labute approximate surface area is 198 Å². The average Bonchev–Trinajstić information content (AvgIpc) is 2.83. The number of methoxy groups -OCH3 is 1.